The Balaban J connectivity index is 1.70. The van der Waals surface area contributed by atoms with Gasteiger partial charge in [-0.15, -0.1) is 0 Å². The van der Waals surface area contributed by atoms with Crippen molar-refractivity contribution in [2.45, 2.75) is 0 Å². The fraction of sp³-hybridized carbons (Fsp3) is 0.533. The maximum atomic E-state index is 12.0. The largest absolute Gasteiger partial charge is 0.324 e. The first kappa shape index (κ1) is 16.7. The van der Waals surface area contributed by atoms with E-state index in [-0.39, 0.29) is 5.91 Å². The number of amides is 1. The fourth-order valence-corrected chi connectivity index (χ4v) is 2.85. The van der Waals surface area contributed by atoms with Gasteiger partial charge < -0.3 is 10.6 Å². The van der Waals surface area contributed by atoms with Crippen LogP contribution in [0.1, 0.15) is 0 Å². The quantitative estimate of drug-likeness (QED) is 0.699. The van der Waals surface area contributed by atoms with Crippen molar-refractivity contribution in [3.05, 3.63) is 27.8 Å². The predicted octanol–water partition coefficient (Wildman–Crippen LogP) is 1.07. The van der Waals surface area contributed by atoms with Gasteiger partial charge in [-0.2, -0.15) is 0 Å². The van der Waals surface area contributed by atoms with Gasteiger partial charge in [0.1, 0.15) is 0 Å². The first-order valence-electron chi connectivity index (χ1n) is 7.31. The van der Waals surface area contributed by atoms with Gasteiger partial charge in [-0.25, -0.2) is 0 Å². The molecule has 5 nitrogen and oxygen atoms in total. The smallest absolute Gasteiger partial charge is 0.238 e. The minimum Gasteiger partial charge on any atom is -0.324 e. The molecule has 0 aromatic heterocycles. The number of para-hydroxylation sites is 1. The van der Waals surface area contributed by atoms with E-state index in [1.54, 1.807) is 0 Å². The Morgan fingerprint density at radius 3 is 2.81 bits per heavy atom. The molecule has 1 aliphatic rings. The van der Waals surface area contributed by atoms with E-state index in [1.165, 1.54) is 0 Å². The minimum atomic E-state index is 0.0435. The molecule has 1 amide bonds. The van der Waals surface area contributed by atoms with Crippen molar-refractivity contribution in [3.8, 4) is 0 Å². The van der Waals surface area contributed by atoms with Crippen molar-refractivity contribution in [2.75, 3.05) is 58.2 Å². The third-order valence-electron chi connectivity index (χ3n) is 3.57. The number of halogens is 1. The zero-order valence-corrected chi connectivity index (χ0v) is 14.6. The molecule has 0 aliphatic carbocycles. The minimum absolute atomic E-state index is 0.0435. The summed E-state index contributed by atoms with van der Waals surface area (Å²) >= 11 is 2.23. The average Bonchev–Trinajstić information content (AvgIpc) is 2.48. The van der Waals surface area contributed by atoms with Crippen molar-refractivity contribution in [1.29, 1.82) is 0 Å². The van der Waals surface area contributed by atoms with Crippen molar-refractivity contribution >= 4 is 34.2 Å². The SMILES string of the molecule is CN(CCN1CCNCC1)CC(=O)Nc1ccccc1I. The number of likely N-dealkylation sites (N-methyl/N-ethyl adjacent to an activating group) is 1. The van der Waals surface area contributed by atoms with Crippen molar-refractivity contribution in [3.63, 3.8) is 0 Å². The molecule has 0 atom stereocenters. The Morgan fingerprint density at radius 2 is 2.10 bits per heavy atom. The summed E-state index contributed by atoms with van der Waals surface area (Å²) in [5.41, 5.74) is 0.888. The van der Waals surface area contributed by atoms with E-state index in [9.17, 15) is 4.79 Å². The van der Waals surface area contributed by atoms with Gasteiger partial charge in [0.15, 0.2) is 0 Å². The van der Waals surface area contributed by atoms with Crippen LogP contribution in [0, 0.1) is 3.57 Å². The molecule has 0 spiro atoms. The van der Waals surface area contributed by atoms with E-state index in [2.05, 4.69) is 43.0 Å². The molecule has 1 aliphatic heterocycles. The number of nitrogens with one attached hydrogen (secondary N) is 2. The van der Waals surface area contributed by atoms with Crippen LogP contribution >= 0.6 is 22.6 Å². The van der Waals surface area contributed by atoms with Crippen LogP contribution in [-0.2, 0) is 4.79 Å². The topological polar surface area (TPSA) is 47.6 Å². The number of hydrogen-bond acceptors (Lipinski definition) is 4. The molecule has 1 aromatic rings. The predicted molar refractivity (Wildman–Crippen MR) is 94.6 cm³/mol. The zero-order valence-electron chi connectivity index (χ0n) is 12.4. The van der Waals surface area contributed by atoms with Gasteiger partial charge in [0.05, 0.1) is 12.2 Å². The van der Waals surface area contributed by atoms with Crippen LogP contribution in [0.4, 0.5) is 5.69 Å². The highest BCUT2D eigenvalue weighted by Crippen LogP contribution is 2.16. The van der Waals surface area contributed by atoms with E-state index in [0.717, 1.165) is 48.5 Å². The van der Waals surface area contributed by atoms with Crippen molar-refractivity contribution in [2.24, 2.45) is 0 Å². The number of piperazine rings is 1. The highest BCUT2D eigenvalue weighted by Gasteiger charge is 2.12. The Hall–Kier alpha value is -0.700. The first-order valence-corrected chi connectivity index (χ1v) is 8.39. The Morgan fingerprint density at radius 1 is 1.38 bits per heavy atom. The summed E-state index contributed by atoms with van der Waals surface area (Å²) in [6.45, 7) is 6.70. The molecule has 116 valence electrons. The Labute approximate surface area is 140 Å². The summed E-state index contributed by atoms with van der Waals surface area (Å²) in [4.78, 5) is 16.6. The van der Waals surface area contributed by atoms with E-state index >= 15 is 0 Å². The van der Waals surface area contributed by atoms with Gasteiger partial charge in [-0.05, 0) is 41.8 Å². The third-order valence-corrected chi connectivity index (χ3v) is 4.51. The summed E-state index contributed by atoms with van der Waals surface area (Å²) in [5.74, 6) is 0.0435. The van der Waals surface area contributed by atoms with E-state index in [0.29, 0.717) is 6.54 Å². The standard InChI is InChI=1S/C15H23IN4O/c1-19(10-11-20-8-6-17-7-9-20)12-15(21)18-14-5-3-2-4-13(14)16/h2-5,17H,6-12H2,1H3,(H,18,21). The summed E-state index contributed by atoms with van der Waals surface area (Å²) in [6, 6.07) is 7.83. The number of carbonyl (C=O) groups is 1. The van der Waals surface area contributed by atoms with Crippen LogP contribution in [0.5, 0.6) is 0 Å². The summed E-state index contributed by atoms with van der Waals surface area (Å²) in [7, 11) is 2.00. The van der Waals surface area contributed by atoms with Crippen LogP contribution in [0.15, 0.2) is 24.3 Å². The maximum Gasteiger partial charge on any atom is 0.238 e. The maximum absolute atomic E-state index is 12.0. The lowest BCUT2D eigenvalue weighted by Gasteiger charge is -2.28. The van der Waals surface area contributed by atoms with Gasteiger partial charge in [0, 0.05) is 42.8 Å². The van der Waals surface area contributed by atoms with Gasteiger partial charge in [0.2, 0.25) is 5.91 Å². The molecule has 0 radical (unpaired) electrons. The monoisotopic (exact) mass is 402 g/mol. The molecule has 0 unspecified atom stereocenters. The van der Waals surface area contributed by atoms with Gasteiger partial charge in [-0.1, -0.05) is 12.1 Å². The number of nitrogens with zero attached hydrogens (tertiary/aromatic N) is 2. The number of carbonyl (C=O) groups excluding carboxylic acids is 1. The second-order valence-corrected chi connectivity index (χ2v) is 6.52. The zero-order chi connectivity index (χ0) is 15.1. The molecule has 1 saturated heterocycles. The molecular weight excluding hydrogens is 379 g/mol. The second-order valence-electron chi connectivity index (χ2n) is 5.36. The molecule has 1 aromatic carbocycles. The summed E-state index contributed by atoms with van der Waals surface area (Å²) < 4.78 is 1.06. The van der Waals surface area contributed by atoms with Gasteiger partial charge >= 0.3 is 0 Å². The summed E-state index contributed by atoms with van der Waals surface area (Å²) in [5, 5.41) is 6.31. The molecule has 1 fully saturated rings. The van der Waals surface area contributed by atoms with Crippen LogP contribution in [0.2, 0.25) is 0 Å². The number of benzene rings is 1. The Bertz CT molecular complexity index is 463. The molecule has 1 heterocycles. The summed E-state index contributed by atoms with van der Waals surface area (Å²) in [6.07, 6.45) is 0. The van der Waals surface area contributed by atoms with Crippen molar-refractivity contribution in [1.82, 2.24) is 15.1 Å². The van der Waals surface area contributed by atoms with Crippen LogP contribution in [0.25, 0.3) is 0 Å². The first-order chi connectivity index (χ1) is 10.1. The molecular formula is C15H23IN4O. The number of hydrogen-bond donors (Lipinski definition) is 2. The van der Waals surface area contributed by atoms with Gasteiger partial charge in [-0.3, -0.25) is 14.6 Å². The lowest BCUT2D eigenvalue weighted by Crippen LogP contribution is -2.46. The highest BCUT2D eigenvalue weighted by atomic mass is 127. The van der Waals surface area contributed by atoms with E-state index in [4.69, 9.17) is 0 Å². The second kappa shape index (κ2) is 8.67. The van der Waals surface area contributed by atoms with E-state index in [1.807, 2.05) is 31.3 Å². The molecule has 21 heavy (non-hydrogen) atoms. The lowest BCUT2D eigenvalue weighted by molar-refractivity contribution is -0.117. The highest BCUT2D eigenvalue weighted by molar-refractivity contribution is 14.1. The Kier molecular flexibility index (Phi) is 6.88. The number of rotatable bonds is 6. The van der Waals surface area contributed by atoms with Crippen molar-refractivity contribution < 1.29 is 4.79 Å². The lowest BCUT2D eigenvalue weighted by atomic mass is 10.3. The van der Waals surface area contributed by atoms with Crippen LogP contribution in [0.3, 0.4) is 0 Å². The molecule has 0 bridgehead atoms. The molecule has 2 N–H and O–H groups in total. The molecule has 6 heteroatoms. The average molecular weight is 402 g/mol. The number of anilines is 1. The fourth-order valence-electron chi connectivity index (χ4n) is 2.32. The molecule has 0 saturated carbocycles. The van der Waals surface area contributed by atoms with Crippen LogP contribution < -0.4 is 10.6 Å². The third kappa shape index (κ3) is 5.90. The van der Waals surface area contributed by atoms with Gasteiger partial charge in [0.25, 0.3) is 0 Å². The normalized spacial score (nSPS) is 16.1. The molecule has 2 rings (SSSR count). The van der Waals surface area contributed by atoms with Crippen LogP contribution in [-0.4, -0.2) is 68.6 Å². The van der Waals surface area contributed by atoms with E-state index < -0.39 is 0 Å².